The van der Waals surface area contributed by atoms with E-state index in [0.29, 0.717) is 44.6 Å². The SMILES string of the molecule is C[C@H](CNC(=O)C[C@@](C)(O)C(F)(F)F)C1CCCC2C(=CC=C3CC(O)CC(O)C3)CCC[C@@]21C. The second-order valence-electron chi connectivity index (χ2n) is 11.7. The number of aliphatic hydroxyl groups is 3. The Kier molecular flexibility index (Phi) is 8.81. The first kappa shape index (κ1) is 28.2. The Labute approximate surface area is 206 Å². The Bertz CT molecular complexity index is 810. The van der Waals surface area contributed by atoms with Crippen LogP contribution in [0.5, 0.6) is 0 Å². The fourth-order valence-electron chi connectivity index (χ4n) is 6.83. The number of nitrogens with one attached hydrogen (secondary N) is 1. The molecule has 0 aromatic heterocycles. The van der Waals surface area contributed by atoms with Gasteiger partial charge in [0.1, 0.15) is 0 Å². The normalized spacial score (nSPS) is 35.7. The number of allylic oxidation sites excluding steroid dienone is 3. The van der Waals surface area contributed by atoms with Crippen molar-refractivity contribution in [2.24, 2.45) is 23.2 Å². The van der Waals surface area contributed by atoms with Crippen LogP contribution in [0.4, 0.5) is 13.2 Å². The maximum atomic E-state index is 12.9. The monoisotopic (exact) mass is 501 g/mol. The fourth-order valence-corrected chi connectivity index (χ4v) is 6.83. The van der Waals surface area contributed by atoms with Crippen molar-refractivity contribution >= 4 is 5.91 Å². The molecular formula is C27H42F3NO4. The van der Waals surface area contributed by atoms with Crippen molar-refractivity contribution in [3.8, 4) is 0 Å². The average molecular weight is 502 g/mol. The van der Waals surface area contributed by atoms with Crippen molar-refractivity contribution < 1.29 is 33.3 Å². The Morgan fingerprint density at radius 3 is 2.46 bits per heavy atom. The predicted molar refractivity (Wildman–Crippen MR) is 128 cm³/mol. The van der Waals surface area contributed by atoms with Crippen molar-refractivity contribution in [3.63, 3.8) is 0 Å². The zero-order valence-electron chi connectivity index (χ0n) is 21.2. The third-order valence-corrected chi connectivity index (χ3v) is 8.78. The average Bonchev–Trinajstić information content (AvgIpc) is 2.73. The van der Waals surface area contributed by atoms with Crippen LogP contribution < -0.4 is 5.32 Å². The minimum absolute atomic E-state index is 0.0496. The molecule has 0 spiro atoms. The topological polar surface area (TPSA) is 89.8 Å². The molecule has 3 fully saturated rings. The highest BCUT2D eigenvalue weighted by Gasteiger charge is 2.51. The molecule has 8 heteroatoms. The van der Waals surface area contributed by atoms with Gasteiger partial charge in [-0.2, -0.15) is 13.2 Å². The van der Waals surface area contributed by atoms with Crippen molar-refractivity contribution in [2.45, 2.75) is 109 Å². The van der Waals surface area contributed by atoms with Crippen molar-refractivity contribution in [2.75, 3.05) is 6.54 Å². The summed E-state index contributed by atoms with van der Waals surface area (Å²) in [4.78, 5) is 12.2. The van der Waals surface area contributed by atoms with Gasteiger partial charge in [0.15, 0.2) is 5.60 Å². The smallest absolute Gasteiger partial charge is 0.393 e. The van der Waals surface area contributed by atoms with Gasteiger partial charge in [-0.1, -0.05) is 43.6 Å². The quantitative estimate of drug-likeness (QED) is 0.421. The number of hydrogen-bond acceptors (Lipinski definition) is 4. The minimum Gasteiger partial charge on any atom is -0.393 e. The summed E-state index contributed by atoms with van der Waals surface area (Å²) >= 11 is 0. The number of hydrogen-bond donors (Lipinski definition) is 4. The van der Waals surface area contributed by atoms with E-state index in [-0.39, 0.29) is 11.3 Å². The fraction of sp³-hybridized carbons (Fsp3) is 0.815. The number of halogens is 3. The molecular weight excluding hydrogens is 459 g/mol. The molecule has 0 aromatic carbocycles. The zero-order chi connectivity index (χ0) is 26.0. The van der Waals surface area contributed by atoms with E-state index in [0.717, 1.165) is 44.1 Å². The Hall–Kier alpha value is -1.38. The Balaban J connectivity index is 1.66. The molecule has 0 saturated heterocycles. The molecule has 200 valence electrons. The summed E-state index contributed by atoms with van der Waals surface area (Å²) in [5.74, 6) is 0.0575. The number of aliphatic hydroxyl groups excluding tert-OH is 2. The van der Waals surface area contributed by atoms with E-state index in [1.54, 1.807) is 0 Å². The van der Waals surface area contributed by atoms with Gasteiger partial charge in [-0.15, -0.1) is 0 Å². The van der Waals surface area contributed by atoms with Crippen molar-refractivity contribution in [1.29, 1.82) is 0 Å². The van der Waals surface area contributed by atoms with Gasteiger partial charge in [-0.05, 0) is 81.5 Å². The van der Waals surface area contributed by atoms with Crippen LogP contribution in [0.15, 0.2) is 23.3 Å². The lowest BCUT2D eigenvalue weighted by atomic mass is 9.52. The van der Waals surface area contributed by atoms with Crippen LogP contribution in [0.1, 0.15) is 85.0 Å². The van der Waals surface area contributed by atoms with Gasteiger partial charge in [0, 0.05) is 6.54 Å². The van der Waals surface area contributed by atoms with Gasteiger partial charge in [0.05, 0.1) is 18.6 Å². The molecule has 4 unspecified atom stereocenters. The molecule has 3 aliphatic carbocycles. The number of fused-ring (bicyclic) bond motifs is 1. The van der Waals surface area contributed by atoms with Crippen LogP contribution in [0.2, 0.25) is 0 Å². The number of amides is 1. The lowest BCUT2D eigenvalue weighted by Gasteiger charge is -2.53. The summed E-state index contributed by atoms with van der Waals surface area (Å²) in [6.07, 6.45) is 5.45. The third-order valence-electron chi connectivity index (χ3n) is 8.78. The standard InChI is InChI=1S/C27H42F3NO4/c1-17(16-31-24(34)15-26(3,35)27(28,29)30)22-7-4-8-23-19(6-5-11-25(22,23)2)10-9-18-12-20(32)14-21(33)13-18/h9-10,17,20-23,32-33,35H,4-8,11-16H2,1-3H3,(H,31,34)/t17-,20?,21?,22?,23?,25-,26-/m1/s1. The first-order valence-corrected chi connectivity index (χ1v) is 13.0. The van der Waals surface area contributed by atoms with Crippen LogP contribution in [0.25, 0.3) is 0 Å². The first-order chi connectivity index (χ1) is 16.2. The molecule has 7 atom stereocenters. The highest BCUT2D eigenvalue weighted by Crippen LogP contribution is 2.57. The summed E-state index contributed by atoms with van der Waals surface area (Å²) in [7, 11) is 0. The van der Waals surface area contributed by atoms with Gasteiger partial charge in [-0.3, -0.25) is 4.79 Å². The van der Waals surface area contributed by atoms with Crippen LogP contribution in [0.3, 0.4) is 0 Å². The Morgan fingerprint density at radius 1 is 1.17 bits per heavy atom. The van der Waals surface area contributed by atoms with Gasteiger partial charge < -0.3 is 20.6 Å². The number of alkyl halides is 3. The first-order valence-electron chi connectivity index (χ1n) is 13.0. The third kappa shape index (κ3) is 6.69. The van der Waals surface area contributed by atoms with E-state index in [1.165, 1.54) is 5.57 Å². The summed E-state index contributed by atoms with van der Waals surface area (Å²) in [5.41, 5.74) is -0.504. The van der Waals surface area contributed by atoms with Gasteiger partial charge in [-0.25, -0.2) is 0 Å². The lowest BCUT2D eigenvalue weighted by molar-refractivity contribution is -0.253. The van der Waals surface area contributed by atoms with Crippen LogP contribution in [-0.2, 0) is 4.79 Å². The molecule has 0 aliphatic heterocycles. The number of rotatable bonds is 6. The molecule has 3 rings (SSSR count). The van der Waals surface area contributed by atoms with E-state index < -0.39 is 36.3 Å². The molecule has 0 radical (unpaired) electrons. The van der Waals surface area contributed by atoms with Gasteiger partial charge in [0.25, 0.3) is 0 Å². The molecule has 3 aliphatic rings. The summed E-state index contributed by atoms with van der Waals surface area (Å²) < 4.78 is 38.7. The summed E-state index contributed by atoms with van der Waals surface area (Å²) in [5, 5.41) is 32.2. The van der Waals surface area contributed by atoms with Crippen LogP contribution in [-0.4, -0.2) is 51.8 Å². The molecule has 4 N–H and O–H groups in total. The van der Waals surface area contributed by atoms with Crippen molar-refractivity contribution in [1.82, 2.24) is 5.32 Å². The molecule has 0 heterocycles. The molecule has 3 saturated carbocycles. The number of carbonyl (C=O) groups excluding carboxylic acids is 1. The zero-order valence-corrected chi connectivity index (χ0v) is 21.2. The molecule has 1 amide bonds. The molecule has 0 aromatic rings. The maximum Gasteiger partial charge on any atom is 0.417 e. The second kappa shape index (κ2) is 10.9. The van der Waals surface area contributed by atoms with E-state index in [4.69, 9.17) is 0 Å². The molecule has 5 nitrogen and oxygen atoms in total. The lowest BCUT2D eigenvalue weighted by Crippen LogP contribution is -2.49. The van der Waals surface area contributed by atoms with E-state index in [1.807, 2.05) is 0 Å². The van der Waals surface area contributed by atoms with E-state index in [9.17, 15) is 33.3 Å². The van der Waals surface area contributed by atoms with Gasteiger partial charge >= 0.3 is 6.18 Å². The highest BCUT2D eigenvalue weighted by atomic mass is 19.4. The van der Waals surface area contributed by atoms with E-state index in [2.05, 4.69) is 31.3 Å². The summed E-state index contributed by atoms with van der Waals surface area (Å²) in [6.45, 7) is 5.30. The van der Waals surface area contributed by atoms with Gasteiger partial charge in [0.2, 0.25) is 5.91 Å². The van der Waals surface area contributed by atoms with Crippen molar-refractivity contribution in [3.05, 3.63) is 23.3 Å². The largest absolute Gasteiger partial charge is 0.417 e. The minimum atomic E-state index is -4.85. The highest BCUT2D eigenvalue weighted by molar-refractivity contribution is 5.77. The Morgan fingerprint density at radius 2 is 1.83 bits per heavy atom. The van der Waals surface area contributed by atoms with Crippen LogP contribution >= 0.6 is 0 Å². The second-order valence-corrected chi connectivity index (χ2v) is 11.7. The maximum absolute atomic E-state index is 12.9. The van der Waals surface area contributed by atoms with E-state index >= 15 is 0 Å². The molecule has 0 bridgehead atoms. The number of carbonyl (C=O) groups is 1. The van der Waals surface area contributed by atoms with Crippen LogP contribution in [0, 0.1) is 23.2 Å². The predicted octanol–water partition coefficient (Wildman–Crippen LogP) is 4.81. The summed E-state index contributed by atoms with van der Waals surface area (Å²) in [6, 6.07) is 0. The molecule has 35 heavy (non-hydrogen) atoms.